The van der Waals surface area contributed by atoms with Gasteiger partial charge in [0.1, 0.15) is 5.82 Å². The fourth-order valence-electron chi connectivity index (χ4n) is 2.03. The van der Waals surface area contributed by atoms with E-state index in [2.05, 4.69) is 18.4 Å². The van der Waals surface area contributed by atoms with Crippen LogP contribution in [0.5, 0.6) is 0 Å². The fourth-order valence-corrected chi connectivity index (χ4v) is 2.86. The Hall–Kier alpha value is -1.39. The van der Waals surface area contributed by atoms with Crippen LogP contribution >= 0.6 is 11.3 Å². The molecule has 2 rings (SSSR count). The van der Waals surface area contributed by atoms with E-state index >= 15 is 0 Å². The van der Waals surface area contributed by atoms with Crippen molar-refractivity contribution >= 4 is 17.0 Å². The Morgan fingerprint density at radius 2 is 2.16 bits per heavy atom. The molecule has 0 aliphatic heterocycles. The van der Waals surface area contributed by atoms with Crippen LogP contribution in [0.2, 0.25) is 0 Å². The molecule has 0 aliphatic carbocycles. The van der Waals surface area contributed by atoms with Gasteiger partial charge in [0.05, 0.1) is 12.3 Å². The van der Waals surface area contributed by atoms with E-state index in [9.17, 15) is 4.39 Å². The van der Waals surface area contributed by atoms with Gasteiger partial charge in [-0.05, 0) is 36.1 Å². The van der Waals surface area contributed by atoms with Gasteiger partial charge in [-0.15, -0.1) is 11.3 Å². The highest BCUT2D eigenvalue weighted by Crippen LogP contribution is 2.23. The van der Waals surface area contributed by atoms with Crippen LogP contribution in [0.4, 0.5) is 10.1 Å². The predicted molar refractivity (Wildman–Crippen MR) is 78.2 cm³/mol. The van der Waals surface area contributed by atoms with Crippen LogP contribution in [-0.2, 0) is 13.0 Å². The first-order valence-electron chi connectivity index (χ1n) is 6.26. The quantitative estimate of drug-likeness (QED) is 0.906. The Kier molecular flexibility index (Phi) is 4.56. The average Bonchev–Trinajstić information content (AvgIpc) is 2.90. The van der Waals surface area contributed by atoms with Crippen molar-refractivity contribution in [1.82, 2.24) is 0 Å². The van der Waals surface area contributed by atoms with Crippen molar-refractivity contribution in [3.63, 3.8) is 0 Å². The lowest BCUT2D eigenvalue weighted by molar-refractivity contribution is 0.281. The summed E-state index contributed by atoms with van der Waals surface area (Å²) in [5, 5.41) is 11.0. The van der Waals surface area contributed by atoms with Gasteiger partial charge >= 0.3 is 0 Å². The molecule has 102 valence electrons. The van der Waals surface area contributed by atoms with Crippen molar-refractivity contribution in [2.75, 3.05) is 11.9 Å². The summed E-state index contributed by atoms with van der Waals surface area (Å²) in [7, 11) is 1.90. The molecule has 4 heteroatoms. The Morgan fingerprint density at radius 3 is 2.74 bits per heavy atom. The van der Waals surface area contributed by atoms with Crippen molar-refractivity contribution < 1.29 is 9.50 Å². The SMILES string of the molecule is CC(Cc1cccs1)N(C)c1ccc(CO)cc1F. The minimum atomic E-state index is -0.285. The molecular weight excluding hydrogens is 261 g/mol. The number of aliphatic hydroxyl groups is 1. The van der Waals surface area contributed by atoms with Crippen LogP contribution in [0, 0.1) is 5.82 Å². The highest BCUT2D eigenvalue weighted by atomic mass is 32.1. The maximum absolute atomic E-state index is 14.0. The number of thiophene rings is 1. The summed E-state index contributed by atoms with van der Waals surface area (Å²) in [4.78, 5) is 3.24. The maximum atomic E-state index is 14.0. The van der Waals surface area contributed by atoms with Crippen molar-refractivity contribution in [2.45, 2.75) is 26.0 Å². The Bertz CT molecular complexity index is 527. The summed E-state index contributed by atoms with van der Waals surface area (Å²) < 4.78 is 14.0. The van der Waals surface area contributed by atoms with Gasteiger partial charge in [-0.25, -0.2) is 4.39 Å². The molecule has 0 saturated heterocycles. The summed E-state index contributed by atoms with van der Waals surface area (Å²) in [5.41, 5.74) is 1.17. The van der Waals surface area contributed by atoms with E-state index in [1.807, 2.05) is 18.0 Å². The van der Waals surface area contributed by atoms with Gasteiger partial charge < -0.3 is 10.0 Å². The second-order valence-electron chi connectivity index (χ2n) is 4.69. The normalized spacial score (nSPS) is 12.4. The van der Waals surface area contributed by atoms with E-state index in [0.29, 0.717) is 11.3 Å². The van der Waals surface area contributed by atoms with Crippen LogP contribution in [0.3, 0.4) is 0 Å². The van der Waals surface area contributed by atoms with Crippen LogP contribution in [0.1, 0.15) is 17.4 Å². The van der Waals surface area contributed by atoms with Crippen molar-refractivity contribution in [1.29, 1.82) is 0 Å². The predicted octanol–water partition coefficient (Wildman–Crippen LogP) is 3.45. The molecule has 1 atom stereocenters. The molecule has 0 radical (unpaired) electrons. The zero-order valence-corrected chi connectivity index (χ0v) is 12.0. The molecule has 0 fully saturated rings. The summed E-state index contributed by atoms with van der Waals surface area (Å²) in [6.45, 7) is 1.95. The number of aliphatic hydroxyl groups excluding tert-OH is 1. The molecule has 0 saturated carbocycles. The molecule has 1 N–H and O–H groups in total. The molecule has 0 amide bonds. The molecule has 1 heterocycles. The van der Waals surface area contributed by atoms with Gasteiger partial charge in [-0.2, -0.15) is 0 Å². The molecular formula is C15H18FNOS. The number of hydrogen-bond acceptors (Lipinski definition) is 3. The molecule has 2 aromatic rings. The number of nitrogens with zero attached hydrogens (tertiary/aromatic N) is 1. The Labute approximate surface area is 117 Å². The molecule has 0 spiro atoms. The molecule has 1 aromatic heterocycles. The number of anilines is 1. The van der Waals surface area contributed by atoms with Gasteiger partial charge in [-0.3, -0.25) is 0 Å². The Morgan fingerprint density at radius 1 is 1.37 bits per heavy atom. The lowest BCUT2D eigenvalue weighted by atomic mass is 10.1. The van der Waals surface area contributed by atoms with Gasteiger partial charge in [0.25, 0.3) is 0 Å². The molecule has 0 bridgehead atoms. The van der Waals surface area contributed by atoms with Crippen LogP contribution < -0.4 is 4.90 Å². The highest BCUT2D eigenvalue weighted by Gasteiger charge is 2.15. The summed E-state index contributed by atoms with van der Waals surface area (Å²) in [6.07, 6.45) is 0.898. The third-order valence-corrected chi connectivity index (χ3v) is 4.21. The first kappa shape index (κ1) is 14.0. The van der Waals surface area contributed by atoms with Gasteiger partial charge in [-0.1, -0.05) is 12.1 Å². The fraction of sp³-hybridized carbons (Fsp3) is 0.333. The first-order valence-corrected chi connectivity index (χ1v) is 7.14. The largest absolute Gasteiger partial charge is 0.392 e. The van der Waals surface area contributed by atoms with E-state index in [4.69, 9.17) is 5.11 Å². The number of rotatable bonds is 5. The summed E-state index contributed by atoms with van der Waals surface area (Å²) in [5.74, 6) is -0.285. The second-order valence-corrected chi connectivity index (χ2v) is 5.72. The third kappa shape index (κ3) is 3.33. The number of hydrogen-bond donors (Lipinski definition) is 1. The van der Waals surface area contributed by atoms with Gasteiger partial charge in [0.2, 0.25) is 0 Å². The monoisotopic (exact) mass is 279 g/mol. The van der Waals surface area contributed by atoms with E-state index < -0.39 is 0 Å². The van der Waals surface area contributed by atoms with Gasteiger partial charge in [0.15, 0.2) is 0 Å². The van der Waals surface area contributed by atoms with Crippen molar-refractivity contribution in [2.24, 2.45) is 0 Å². The minimum Gasteiger partial charge on any atom is -0.392 e. The molecule has 2 nitrogen and oxygen atoms in total. The summed E-state index contributed by atoms with van der Waals surface area (Å²) >= 11 is 1.72. The third-order valence-electron chi connectivity index (χ3n) is 3.31. The van der Waals surface area contributed by atoms with E-state index in [1.165, 1.54) is 10.9 Å². The molecule has 1 unspecified atom stereocenters. The Balaban J connectivity index is 2.12. The lowest BCUT2D eigenvalue weighted by Crippen LogP contribution is -2.31. The number of halogens is 1. The first-order chi connectivity index (χ1) is 9.11. The maximum Gasteiger partial charge on any atom is 0.146 e. The minimum absolute atomic E-state index is 0.133. The standard InChI is InChI=1S/C15H18FNOS/c1-11(8-13-4-3-7-19-13)17(2)15-6-5-12(10-18)9-14(15)16/h3-7,9,11,18H,8,10H2,1-2H3. The van der Waals surface area contributed by atoms with Crippen molar-refractivity contribution in [3.05, 3.63) is 52.0 Å². The number of benzene rings is 1. The summed E-state index contributed by atoms with van der Waals surface area (Å²) in [6, 6.07) is 9.22. The number of likely N-dealkylation sites (N-methyl/N-ethyl adjacent to an activating group) is 1. The smallest absolute Gasteiger partial charge is 0.146 e. The van der Waals surface area contributed by atoms with E-state index in [-0.39, 0.29) is 18.5 Å². The van der Waals surface area contributed by atoms with E-state index in [0.717, 1.165) is 6.42 Å². The van der Waals surface area contributed by atoms with Gasteiger partial charge in [0, 0.05) is 24.4 Å². The lowest BCUT2D eigenvalue weighted by Gasteiger charge is -2.27. The van der Waals surface area contributed by atoms with Crippen LogP contribution in [0.25, 0.3) is 0 Å². The highest BCUT2D eigenvalue weighted by molar-refractivity contribution is 7.09. The topological polar surface area (TPSA) is 23.5 Å². The van der Waals surface area contributed by atoms with Crippen LogP contribution in [-0.4, -0.2) is 18.2 Å². The average molecular weight is 279 g/mol. The zero-order valence-electron chi connectivity index (χ0n) is 11.1. The van der Waals surface area contributed by atoms with Crippen LogP contribution in [0.15, 0.2) is 35.7 Å². The van der Waals surface area contributed by atoms with E-state index in [1.54, 1.807) is 23.5 Å². The zero-order chi connectivity index (χ0) is 13.8. The molecule has 19 heavy (non-hydrogen) atoms. The molecule has 0 aliphatic rings. The molecule has 1 aromatic carbocycles. The van der Waals surface area contributed by atoms with Crippen molar-refractivity contribution in [3.8, 4) is 0 Å². The second kappa shape index (κ2) is 6.17.